The summed E-state index contributed by atoms with van der Waals surface area (Å²) in [7, 11) is -1.85. The third-order valence-electron chi connectivity index (χ3n) is 5.12. The highest BCUT2D eigenvalue weighted by Gasteiger charge is 2.21. The average molecular weight is 443 g/mol. The maximum atomic E-state index is 12.2. The average Bonchev–Trinajstić information content (AvgIpc) is 2.68. The van der Waals surface area contributed by atoms with Crippen molar-refractivity contribution in [3.8, 4) is 0 Å². The maximum absolute atomic E-state index is 12.2. The summed E-state index contributed by atoms with van der Waals surface area (Å²) in [6.45, 7) is 10.8. The second-order valence-electron chi connectivity index (χ2n) is 8.55. The molecule has 1 fully saturated rings. The minimum absolute atomic E-state index is 0.0131. The van der Waals surface area contributed by atoms with Gasteiger partial charge in [0.25, 0.3) is 0 Å². The normalized spacial score (nSPS) is 16.5. The van der Waals surface area contributed by atoms with Crippen LogP contribution in [0.25, 0.3) is 0 Å². The Morgan fingerprint density at radius 1 is 1.13 bits per heavy atom. The van der Waals surface area contributed by atoms with E-state index in [-0.39, 0.29) is 22.8 Å². The molecule has 30 heavy (non-hydrogen) atoms. The molecule has 1 amide bonds. The molecule has 0 atom stereocenters. The fraction of sp³-hybridized carbons (Fsp3) is 0.650. The first kappa shape index (κ1) is 24.7. The number of amides is 1. The van der Waals surface area contributed by atoms with Crippen molar-refractivity contribution in [1.29, 1.82) is 0 Å². The SMILES string of the molecule is Cc1ccc(S(=O)(=O)ONOCCC(C)(C)CNC(=O)CN2CCN(C)CC2)cc1. The smallest absolute Gasteiger partial charge is 0.314 e. The Balaban J connectivity index is 1.62. The number of carbonyl (C=O) groups is 1. The van der Waals surface area contributed by atoms with E-state index in [0.717, 1.165) is 31.7 Å². The number of nitrogens with one attached hydrogen (secondary N) is 2. The van der Waals surface area contributed by atoms with Gasteiger partial charge < -0.3 is 10.2 Å². The molecule has 0 radical (unpaired) electrons. The van der Waals surface area contributed by atoms with E-state index in [1.54, 1.807) is 12.1 Å². The largest absolute Gasteiger partial charge is 0.354 e. The van der Waals surface area contributed by atoms with Gasteiger partial charge in [0.2, 0.25) is 5.91 Å². The molecule has 0 saturated carbocycles. The number of nitrogens with zero attached hydrogens (tertiary/aromatic N) is 2. The third-order valence-corrected chi connectivity index (χ3v) is 6.26. The number of likely N-dealkylation sites (N-methyl/N-ethyl adjacent to an activating group) is 1. The summed E-state index contributed by atoms with van der Waals surface area (Å²) in [5, 5.41) is 2.98. The molecular weight excluding hydrogens is 408 g/mol. The van der Waals surface area contributed by atoms with Crippen LogP contribution in [0.15, 0.2) is 29.2 Å². The Kier molecular flexibility index (Phi) is 9.20. The van der Waals surface area contributed by atoms with Gasteiger partial charge in [0.05, 0.1) is 18.0 Å². The standard InChI is InChI=1S/C20H34N4O5S/c1-17-5-7-18(8-6-17)30(26,27)29-22-28-14-9-20(2,3)16-21-19(25)15-24-12-10-23(4)11-13-24/h5-8,22H,9-16H2,1-4H3,(H,21,25). The fourth-order valence-corrected chi connectivity index (χ4v) is 3.59. The molecule has 0 unspecified atom stereocenters. The van der Waals surface area contributed by atoms with Gasteiger partial charge >= 0.3 is 10.1 Å². The quantitative estimate of drug-likeness (QED) is 0.385. The first-order chi connectivity index (χ1) is 14.1. The highest BCUT2D eigenvalue weighted by atomic mass is 32.2. The Bertz CT molecular complexity index is 775. The highest BCUT2D eigenvalue weighted by Crippen LogP contribution is 2.19. The van der Waals surface area contributed by atoms with Crippen LogP contribution in [0.3, 0.4) is 0 Å². The predicted octanol–water partition coefficient (Wildman–Crippen LogP) is 0.916. The van der Waals surface area contributed by atoms with E-state index in [4.69, 9.17) is 4.84 Å². The zero-order valence-corrected chi connectivity index (χ0v) is 19.1. The zero-order valence-electron chi connectivity index (χ0n) is 18.3. The molecule has 1 heterocycles. The summed E-state index contributed by atoms with van der Waals surface area (Å²) < 4.78 is 28.8. The van der Waals surface area contributed by atoms with Crippen molar-refractivity contribution in [2.75, 3.05) is 52.9 Å². The van der Waals surface area contributed by atoms with Crippen LogP contribution >= 0.6 is 0 Å². The second-order valence-corrected chi connectivity index (χ2v) is 10.1. The van der Waals surface area contributed by atoms with Crippen molar-refractivity contribution in [2.24, 2.45) is 5.41 Å². The van der Waals surface area contributed by atoms with Gasteiger partial charge in [-0.05, 0) is 37.9 Å². The number of carbonyl (C=O) groups excluding carboxylic acids is 1. The second kappa shape index (κ2) is 11.2. The summed E-state index contributed by atoms with van der Waals surface area (Å²) in [4.78, 5) is 21.8. The van der Waals surface area contributed by atoms with Crippen LogP contribution in [0.1, 0.15) is 25.8 Å². The molecule has 170 valence electrons. The van der Waals surface area contributed by atoms with Gasteiger partial charge in [-0.2, -0.15) is 8.42 Å². The molecule has 1 aromatic rings. The lowest BCUT2D eigenvalue weighted by Crippen LogP contribution is -2.49. The van der Waals surface area contributed by atoms with Gasteiger partial charge in [0.15, 0.2) is 0 Å². The van der Waals surface area contributed by atoms with Crippen LogP contribution in [0, 0.1) is 12.3 Å². The van der Waals surface area contributed by atoms with Gasteiger partial charge in [-0.25, -0.2) is 0 Å². The molecule has 9 nitrogen and oxygen atoms in total. The van der Waals surface area contributed by atoms with Crippen LogP contribution in [-0.2, 0) is 24.0 Å². The van der Waals surface area contributed by atoms with Gasteiger partial charge in [-0.3, -0.25) is 14.5 Å². The molecule has 1 aliphatic rings. The van der Waals surface area contributed by atoms with Crippen molar-refractivity contribution in [3.63, 3.8) is 0 Å². The van der Waals surface area contributed by atoms with E-state index in [0.29, 0.717) is 19.5 Å². The Morgan fingerprint density at radius 3 is 2.40 bits per heavy atom. The summed E-state index contributed by atoms with van der Waals surface area (Å²) >= 11 is 0. The predicted molar refractivity (Wildman–Crippen MR) is 114 cm³/mol. The first-order valence-electron chi connectivity index (χ1n) is 10.1. The lowest BCUT2D eigenvalue weighted by atomic mass is 9.90. The van der Waals surface area contributed by atoms with Crippen LogP contribution < -0.4 is 11.0 Å². The summed E-state index contributed by atoms with van der Waals surface area (Å²) in [6.07, 6.45) is 0.600. The molecule has 2 N–H and O–H groups in total. The van der Waals surface area contributed by atoms with Gasteiger partial charge in [0, 0.05) is 32.7 Å². The Hall–Kier alpha value is -1.56. The number of piperazine rings is 1. The Morgan fingerprint density at radius 2 is 1.77 bits per heavy atom. The molecule has 0 aliphatic carbocycles. The monoisotopic (exact) mass is 442 g/mol. The topological polar surface area (TPSA) is 100 Å². The van der Waals surface area contributed by atoms with Gasteiger partial charge in [-0.15, -0.1) is 4.28 Å². The van der Waals surface area contributed by atoms with Crippen molar-refractivity contribution >= 4 is 16.0 Å². The molecule has 1 aliphatic heterocycles. The van der Waals surface area contributed by atoms with E-state index < -0.39 is 10.1 Å². The number of hydrogen-bond donors (Lipinski definition) is 2. The summed E-state index contributed by atoms with van der Waals surface area (Å²) in [5.41, 5.74) is 2.79. The van der Waals surface area contributed by atoms with E-state index >= 15 is 0 Å². The van der Waals surface area contributed by atoms with Crippen molar-refractivity contribution in [2.45, 2.75) is 32.1 Å². The number of rotatable bonds is 11. The molecule has 0 bridgehead atoms. The van der Waals surface area contributed by atoms with E-state index in [9.17, 15) is 13.2 Å². The van der Waals surface area contributed by atoms with E-state index in [2.05, 4.69) is 26.4 Å². The number of hydrogen-bond acceptors (Lipinski definition) is 8. The molecule has 1 saturated heterocycles. The Labute approximate surface area is 179 Å². The zero-order chi connectivity index (χ0) is 22.2. The maximum Gasteiger partial charge on any atom is 0.314 e. The molecule has 10 heteroatoms. The number of benzene rings is 1. The molecule has 1 aromatic carbocycles. The van der Waals surface area contributed by atoms with Crippen LogP contribution in [-0.4, -0.2) is 77.0 Å². The minimum atomic E-state index is -3.93. The van der Waals surface area contributed by atoms with E-state index in [1.807, 2.05) is 26.4 Å². The lowest BCUT2D eigenvalue weighted by Gasteiger charge is -2.32. The van der Waals surface area contributed by atoms with Crippen LogP contribution in [0.2, 0.25) is 0 Å². The minimum Gasteiger partial charge on any atom is -0.354 e. The van der Waals surface area contributed by atoms with Crippen molar-refractivity contribution < 1.29 is 22.3 Å². The molecule has 0 spiro atoms. The van der Waals surface area contributed by atoms with Crippen LogP contribution in [0.5, 0.6) is 0 Å². The first-order valence-corrected chi connectivity index (χ1v) is 11.5. The highest BCUT2D eigenvalue weighted by molar-refractivity contribution is 7.86. The molecule has 0 aromatic heterocycles. The number of aryl methyl sites for hydroxylation is 1. The summed E-state index contributed by atoms with van der Waals surface area (Å²) in [5.74, 6) is 0.0131. The molecular formula is C20H34N4O5S. The van der Waals surface area contributed by atoms with Crippen molar-refractivity contribution in [3.05, 3.63) is 29.8 Å². The summed E-state index contributed by atoms with van der Waals surface area (Å²) in [6, 6.07) is 6.33. The van der Waals surface area contributed by atoms with Crippen molar-refractivity contribution in [1.82, 2.24) is 20.8 Å². The molecule has 2 rings (SSSR count). The third kappa shape index (κ3) is 8.66. The van der Waals surface area contributed by atoms with Gasteiger partial charge in [-0.1, -0.05) is 37.2 Å². The van der Waals surface area contributed by atoms with Gasteiger partial charge in [0.1, 0.15) is 0 Å². The van der Waals surface area contributed by atoms with Crippen LogP contribution in [0.4, 0.5) is 0 Å². The fourth-order valence-electron chi connectivity index (χ4n) is 2.88. The lowest BCUT2D eigenvalue weighted by molar-refractivity contribution is -0.123. The van der Waals surface area contributed by atoms with E-state index in [1.165, 1.54) is 12.1 Å².